The first-order chi connectivity index (χ1) is 9.63. The molecule has 6 heteroatoms. The molecule has 0 spiro atoms. The number of aromatic nitrogens is 3. The lowest BCUT2D eigenvalue weighted by atomic mass is 10.2. The molecule has 0 aliphatic carbocycles. The van der Waals surface area contributed by atoms with Crippen LogP contribution in [0.1, 0.15) is 28.5 Å². The molecular weight excluding hydrogens is 254 g/mol. The molecule has 0 bridgehead atoms. The van der Waals surface area contributed by atoms with Crippen LogP contribution in [0.4, 0.5) is 5.69 Å². The lowest BCUT2D eigenvalue weighted by Gasteiger charge is -2.10. The molecule has 0 atom stereocenters. The average Bonchev–Trinajstić information content (AvgIpc) is 2.77. The van der Waals surface area contributed by atoms with E-state index >= 15 is 0 Å². The lowest BCUT2D eigenvalue weighted by molar-refractivity contribution is 0.0951. The first-order valence-corrected chi connectivity index (χ1v) is 6.57. The molecule has 0 aromatic carbocycles. The van der Waals surface area contributed by atoms with Gasteiger partial charge in [0.2, 0.25) is 0 Å². The predicted octanol–water partition coefficient (Wildman–Crippen LogP) is 1.49. The molecule has 0 saturated carbocycles. The second-order valence-electron chi connectivity index (χ2n) is 4.51. The molecule has 0 fully saturated rings. The molecule has 0 unspecified atom stereocenters. The number of hydrogen-bond acceptors (Lipinski definition) is 4. The van der Waals surface area contributed by atoms with Crippen molar-refractivity contribution in [3.05, 3.63) is 41.5 Å². The minimum atomic E-state index is -0.141. The van der Waals surface area contributed by atoms with Crippen molar-refractivity contribution in [2.24, 2.45) is 7.05 Å². The van der Waals surface area contributed by atoms with Gasteiger partial charge in [-0.2, -0.15) is 5.10 Å². The summed E-state index contributed by atoms with van der Waals surface area (Å²) in [6, 6.07) is 1.80. The fourth-order valence-electron chi connectivity index (χ4n) is 1.91. The summed E-state index contributed by atoms with van der Waals surface area (Å²) in [7, 11) is 1.88. The maximum absolute atomic E-state index is 12.2. The number of hydrogen-bond donors (Lipinski definition) is 2. The van der Waals surface area contributed by atoms with Crippen molar-refractivity contribution >= 4 is 11.6 Å². The topological polar surface area (TPSA) is 71.8 Å². The summed E-state index contributed by atoms with van der Waals surface area (Å²) >= 11 is 0. The summed E-state index contributed by atoms with van der Waals surface area (Å²) in [5.74, 6) is -0.141. The van der Waals surface area contributed by atoms with Crippen LogP contribution in [-0.2, 0) is 13.6 Å². The van der Waals surface area contributed by atoms with Crippen molar-refractivity contribution in [3.8, 4) is 0 Å². The van der Waals surface area contributed by atoms with E-state index < -0.39 is 0 Å². The number of carbonyl (C=O) groups is 1. The Labute approximate surface area is 118 Å². The van der Waals surface area contributed by atoms with Gasteiger partial charge in [-0.25, -0.2) is 0 Å². The van der Waals surface area contributed by atoms with Crippen molar-refractivity contribution in [2.45, 2.75) is 20.4 Å². The quantitative estimate of drug-likeness (QED) is 0.865. The van der Waals surface area contributed by atoms with Crippen LogP contribution >= 0.6 is 0 Å². The Hall–Kier alpha value is -2.37. The third-order valence-electron chi connectivity index (χ3n) is 3.21. The number of amides is 1. The van der Waals surface area contributed by atoms with Crippen molar-refractivity contribution in [1.29, 1.82) is 0 Å². The van der Waals surface area contributed by atoms with Gasteiger partial charge >= 0.3 is 0 Å². The highest BCUT2D eigenvalue weighted by atomic mass is 16.1. The fraction of sp³-hybridized carbons (Fsp3) is 0.357. The predicted molar refractivity (Wildman–Crippen MR) is 77.5 cm³/mol. The molecule has 0 aliphatic heterocycles. The summed E-state index contributed by atoms with van der Waals surface area (Å²) in [5, 5.41) is 10.2. The Morgan fingerprint density at radius 3 is 2.85 bits per heavy atom. The van der Waals surface area contributed by atoms with Gasteiger partial charge in [0, 0.05) is 43.8 Å². The molecule has 2 N–H and O–H groups in total. The Balaban J connectivity index is 2.07. The zero-order chi connectivity index (χ0) is 14.5. The Morgan fingerprint density at radius 1 is 1.40 bits per heavy atom. The summed E-state index contributed by atoms with van der Waals surface area (Å²) in [6.07, 6.45) is 5.01. The molecule has 0 radical (unpaired) electrons. The van der Waals surface area contributed by atoms with Gasteiger partial charge in [0.1, 0.15) is 0 Å². The molecule has 2 heterocycles. The zero-order valence-corrected chi connectivity index (χ0v) is 12.0. The van der Waals surface area contributed by atoms with Crippen molar-refractivity contribution in [2.75, 3.05) is 11.9 Å². The van der Waals surface area contributed by atoms with Crippen molar-refractivity contribution in [3.63, 3.8) is 0 Å². The minimum Gasteiger partial charge on any atom is -0.385 e. The fourth-order valence-corrected chi connectivity index (χ4v) is 1.91. The zero-order valence-electron chi connectivity index (χ0n) is 12.0. The Morgan fingerprint density at radius 2 is 2.20 bits per heavy atom. The van der Waals surface area contributed by atoms with E-state index in [0.29, 0.717) is 12.1 Å². The van der Waals surface area contributed by atoms with Gasteiger partial charge in [0.05, 0.1) is 17.4 Å². The Kier molecular flexibility index (Phi) is 4.34. The van der Waals surface area contributed by atoms with Crippen molar-refractivity contribution < 1.29 is 4.79 Å². The monoisotopic (exact) mass is 273 g/mol. The highest BCUT2D eigenvalue weighted by Crippen LogP contribution is 2.13. The molecule has 6 nitrogen and oxygen atoms in total. The van der Waals surface area contributed by atoms with Crippen LogP contribution in [0.15, 0.2) is 24.7 Å². The maximum Gasteiger partial charge on any atom is 0.255 e. The van der Waals surface area contributed by atoms with Crippen LogP contribution in [0.2, 0.25) is 0 Å². The molecule has 20 heavy (non-hydrogen) atoms. The van der Waals surface area contributed by atoms with E-state index in [-0.39, 0.29) is 5.91 Å². The van der Waals surface area contributed by atoms with Crippen LogP contribution < -0.4 is 10.6 Å². The second kappa shape index (κ2) is 6.18. The smallest absolute Gasteiger partial charge is 0.255 e. The Bertz CT molecular complexity index is 605. The number of rotatable bonds is 5. The van der Waals surface area contributed by atoms with Crippen LogP contribution in [-0.4, -0.2) is 27.2 Å². The van der Waals surface area contributed by atoms with E-state index in [0.717, 1.165) is 23.5 Å². The maximum atomic E-state index is 12.2. The van der Waals surface area contributed by atoms with Crippen molar-refractivity contribution in [1.82, 2.24) is 20.1 Å². The van der Waals surface area contributed by atoms with Gasteiger partial charge in [0.25, 0.3) is 5.91 Å². The average molecular weight is 273 g/mol. The van der Waals surface area contributed by atoms with Crippen LogP contribution in [0.5, 0.6) is 0 Å². The van der Waals surface area contributed by atoms with Crippen LogP contribution in [0, 0.1) is 6.92 Å². The lowest BCUT2D eigenvalue weighted by Crippen LogP contribution is -2.24. The first-order valence-electron chi connectivity index (χ1n) is 6.57. The molecule has 106 valence electrons. The number of nitrogens with one attached hydrogen (secondary N) is 2. The third-order valence-corrected chi connectivity index (χ3v) is 3.21. The summed E-state index contributed by atoms with van der Waals surface area (Å²) < 4.78 is 1.79. The molecule has 2 rings (SSSR count). The van der Waals surface area contributed by atoms with Gasteiger partial charge in [-0.15, -0.1) is 0 Å². The van der Waals surface area contributed by atoms with Gasteiger partial charge in [-0.05, 0) is 19.9 Å². The highest BCUT2D eigenvalue weighted by Gasteiger charge is 2.12. The van der Waals surface area contributed by atoms with Gasteiger partial charge in [-0.3, -0.25) is 14.5 Å². The van der Waals surface area contributed by atoms with Gasteiger partial charge < -0.3 is 10.6 Å². The first kappa shape index (κ1) is 14.0. The van der Waals surface area contributed by atoms with E-state index in [1.54, 1.807) is 29.3 Å². The number of nitrogens with zero attached hydrogens (tertiary/aromatic N) is 3. The van der Waals surface area contributed by atoms with Gasteiger partial charge in [-0.1, -0.05) is 0 Å². The highest BCUT2D eigenvalue weighted by molar-refractivity contribution is 5.99. The molecule has 0 aliphatic rings. The van der Waals surface area contributed by atoms with Crippen LogP contribution in [0.3, 0.4) is 0 Å². The number of anilines is 1. The SMILES string of the molecule is CCNc1ccncc1C(=O)NCc1cnn(C)c1C. The number of carbonyl (C=O) groups excluding carboxylic acids is 1. The standard InChI is InChI=1S/C14H19N5O/c1-4-16-13-5-6-15-9-12(13)14(20)17-7-11-8-18-19(3)10(11)2/h5-6,8-9H,4,7H2,1-3H3,(H,15,16)(H,17,20). The normalized spacial score (nSPS) is 10.3. The summed E-state index contributed by atoms with van der Waals surface area (Å²) in [5.41, 5.74) is 3.40. The van der Waals surface area contributed by atoms with E-state index in [4.69, 9.17) is 0 Å². The van der Waals surface area contributed by atoms with E-state index in [1.807, 2.05) is 20.9 Å². The number of aryl methyl sites for hydroxylation is 1. The third kappa shape index (κ3) is 2.96. The summed E-state index contributed by atoms with van der Waals surface area (Å²) in [4.78, 5) is 16.2. The second-order valence-corrected chi connectivity index (χ2v) is 4.51. The largest absolute Gasteiger partial charge is 0.385 e. The van der Waals surface area contributed by atoms with E-state index in [9.17, 15) is 4.79 Å². The summed E-state index contributed by atoms with van der Waals surface area (Å²) in [6.45, 7) is 5.18. The minimum absolute atomic E-state index is 0.141. The van der Waals surface area contributed by atoms with Crippen LogP contribution in [0.25, 0.3) is 0 Å². The molecule has 0 saturated heterocycles. The molecule has 1 amide bonds. The number of pyridine rings is 1. The molecular formula is C14H19N5O. The molecule has 2 aromatic heterocycles. The molecule has 2 aromatic rings. The van der Waals surface area contributed by atoms with Gasteiger partial charge in [0.15, 0.2) is 0 Å². The van der Waals surface area contributed by atoms with E-state index in [1.165, 1.54) is 0 Å². The van der Waals surface area contributed by atoms with E-state index in [2.05, 4.69) is 20.7 Å².